The Morgan fingerprint density at radius 2 is 1.83 bits per heavy atom. The molecule has 0 aliphatic heterocycles. The summed E-state index contributed by atoms with van der Waals surface area (Å²) in [7, 11) is -0.685. The molecule has 0 radical (unpaired) electrons. The van der Waals surface area contributed by atoms with E-state index in [4.69, 9.17) is 4.74 Å². The Labute approximate surface area is 177 Å². The maximum Gasteiger partial charge on any atom is 0.242 e. The summed E-state index contributed by atoms with van der Waals surface area (Å²) in [6.45, 7) is 1.97. The molecule has 152 valence electrons. The summed E-state index contributed by atoms with van der Waals surface area (Å²) in [6.07, 6.45) is 1.58. The lowest BCUT2D eigenvalue weighted by atomic mass is 10.2. The monoisotopic (exact) mass is 477 g/mol. The molecule has 29 heavy (non-hydrogen) atoms. The number of benzene rings is 2. The molecule has 0 aliphatic rings. The van der Waals surface area contributed by atoms with Gasteiger partial charge in [-0.3, -0.25) is 0 Å². The molecule has 0 aliphatic carbocycles. The van der Waals surface area contributed by atoms with E-state index in [1.54, 1.807) is 31.5 Å². The van der Waals surface area contributed by atoms with Crippen molar-refractivity contribution in [2.24, 2.45) is 0 Å². The molecule has 1 heterocycles. The van der Waals surface area contributed by atoms with Gasteiger partial charge in [0.25, 0.3) is 0 Å². The molecule has 3 aromatic rings. The first-order chi connectivity index (χ1) is 13.8. The van der Waals surface area contributed by atoms with Gasteiger partial charge in [0, 0.05) is 6.20 Å². The first-order valence-electron chi connectivity index (χ1n) is 8.58. The minimum Gasteiger partial charge on any atom is -0.495 e. The highest BCUT2D eigenvalue weighted by atomic mass is 79.9. The quantitative estimate of drug-likeness (QED) is 0.472. The molecule has 0 atom stereocenters. The van der Waals surface area contributed by atoms with Gasteiger partial charge >= 0.3 is 0 Å². The number of para-hydroxylation sites is 1. The normalized spacial score (nSPS) is 11.2. The molecule has 10 heteroatoms. The van der Waals surface area contributed by atoms with Crippen LogP contribution in [0.1, 0.15) is 5.56 Å². The Morgan fingerprint density at radius 3 is 2.55 bits per heavy atom. The van der Waals surface area contributed by atoms with Gasteiger partial charge in [0.05, 0.1) is 23.0 Å². The number of anilines is 4. The lowest BCUT2D eigenvalue weighted by Crippen LogP contribution is -2.19. The standard InChI is InChI=1S/C19H20BrN5O3S/c1-12-8-9-16(28-3)15(10-12)24-19-22-11-13(20)18(25-19)23-14-6-4-5-7-17(14)29(26,27)21-2/h4-11,21H,1-3H3,(H2,22,23,24,25). The van der Waals surface area contributed by atoms with Gasteiger partial charge < -0.3 is 15.4 Å². The molecule has 2 aromatic carbocycles. The molecule has 3 rings (SSSR count). The maximum atomic E-state index is 12.3. The van der Waals surface area contributed by atoms with E-state index in [1.165, 1.54) is 13.1 Å². The molecule has 3 N–H and O–H groups in total. The van der Waals surface area contributed by atoms with Crippen LogP contribution in [-0.4, -0.2) is 32.5 Å². The number of aryl methyl sites for hydroxylation is 1. The summed E-state index contributed by atoms with van der Waals surface area (Å²) < 4.78 is 32.8. The van der Waals surface area contributed by atoms with Crippen molar-refractivity contribution in [3.05, 3.63) is 58.7 Å². The van der Waals surface area contributed by atoms with Gasteiger partial charge in [-0.25, -0.2) is 18.1 Å². The lowest BCUT2D eigenvalue weighted by molar-refractivity contribution is 0.416. The Hall–Kier alpha value is -2.69. The zero-order chi connectivity index (χ0) is 21.0. The molecule has 8 nitrogen and oxygen atoms in total. The third-order valence-corrected chi connectivity index (χ3v) is 6.10. The molecular weight excluding hydrogens is 458 g/mol. The van der Waals surface area contributed by atoms with Crippen molar-refractivity contribution in [3.8, 4) is 5.75 Å². The largest absolute Gasteiger partial charge is 0.495 e. The fraction of sp³-hybridized carbons (Fsp3) is 0.158. The molecule has 0 fully saturated rings. The van der Waals surface area contributed by atoms with Gasteiger partial charge in [0.1, 0.15) is 16.5 Å². The smallest absolute Gasteiger partial charge is 0.242 e. The Morgan fingerprint density at radius 1 is 1.07 bits per heavy atom. The van der Waals surface area contributed by atoms with E-state index in [2.05, 4.69) is 41.3 Å². The topological polar surface area (TPSA) is 105 Å². The van der Waals surface area contributed by atoms with Crippen molar-refractivity contribution in [3.63, 3.8) is 0 Å². The van der Waals surface area contributed by atoms with Crippen molar-refractivity contribution in [1.82, 2.24) is 14.7 Å². The number of nitrogens with one attached hydrogen (secondary N) is 3. The Balaban J connectivity index is 1.95. The number of nitrogens with zero attached hydrogens (tertiary/aromatic N) is 2. The third kappa shape index (κ3) is 4.84. The van der Waals surface area contributed by atoms with E-state index in [0.29, 0.717) is 27.7 Å². The maximum absolute atomic E-state index is 12.3. The van der Waals surface area contributed by atoms with Crippen LogP contribution in [-0.2, 0) is 10.0 Å². The summed E-state index contributed by atoms with van der Waals surface area (Å²) in [4.78, 5) is 8.85. The minimum atomic E-state index is -3.64. The molecule has 1 aromatic heterocycles. The third-order valence-electron chi connectivity index (χ3n) is 4.04. The van der Waals surface area contributed by atoms with Crippen LogP contribution in [0.5, 0.6) is 5.75 Å². The number of methoxy groups -OCH3 is 1. The van der Waals surface area contributed by atoms with E-state index >= 15 is 0 Å². The number of hydrogen-bond acceptors (Lipinski definition) is 7. The zero-order valence-corrected chi connectivity index (χ0v) is 18.4. The van der Waals surface area contributed by atoms with Crippen molar-refractivity contribution in [2.75, 3.05) is 24.8 Å². The van der Waals surface area contributed by atoms with Crippen LogP contribution in [0.2, 0.25) is 0 Å². The predicted molar refractivity (Wildman–Crippen MR) is 117 cm³/mol. The number of sulfonamides is 1. The van der Waals surface area contributed by atoms with Gasteiger partial charge in [-0.05, 0) is 59.7 Å². The van der Waals surface area contributed by atoms with Crippen LogP contribution in [0, 0.1) is 6.92 Å². The van der Waals surface area contributed by atoms with Gasteiger partial charge in [-0.15, -0.1) is 0 Å². The fourth-order valence-electron chi connectivity index (χ4n) is 2.60. The van der Waals surface area contributed by atoms with Crippen LogP contribution in [0.3, 0.4) is 0 Å². The summed E-state index contributed by atoms with van der Waals surface area (Å²) in [5, 5.41) is 6.19. The summed E-state index contributed by atoms with van der Waals surface area (Å²) in [5.41, 5.74) is 2.16. The molecule has 0 saturated heterocycles. The predicted octanol–water partition coefficient (Wildman–Crippen LogP) is 3.95. The van der Waals surface area contributed by atoms with Gasteiger partial charge in [0.2, 0.25) is 16.0 Å². The highest BCUT2D eigenvalue weighted by molar-refractivity contribution is 9.10. The molecule has 0 saturated carbocycles. The van der Waals surface area contributed by atoms with E-state index < -0.39 is 10.0 Å². The van der Waals surface area contributed by atoms with Crippen LogP contribution < -0.4 is 20.1 Å². The number of ether oxygens (including phenoxy) is 1. The summed E-state index contributed by atoms with van der Waals surface area (Å²) >= 11 is 3.40. The number of rotatable bonds is 7. The van der Waals surface area contributed by atoms with Gasteiger partial charge in [-0.1, -0.05) is 18.2 Å². The SMILES string of the molecule is CNS(=O)(=O)c1ccccc1Nc1nc(Nc2cc(C)ccc2OC)ncc1Br. The fourth-order valence-corrected chi connectivity index (χ4v) is 3.77. The molecular formula is C19H20BrN5O3S. The van der Waals surface area contributed by atoms with Crippen LogP contribution >= 0.6 is 15.9 Å². The van der Waals surface area contributed by atoms with E-state index in [9.17, 15) is 8.42 Å². The first-order valence-corrected chi connectivity index (χ1v) is 10.9. The average Bonchev–Trinajstić information content (AvgIpc) is 2.71. The van der Waals surface area contributed by atoms with E-state index in [1.807, 2.05) is 25.1 Å². The van der Waals surface area contributed by atoms with Crippen LogP contribution in [0.25, 0.3) is 0 Å². The Bertz CT molecular complexity index is 1140. The average molecular weight is 478 g/mol. The van der Waals surface area contributed by atoms with Crippen molar-refractivity contribution < 1.29 is 13.2 Å². The molecule has 0 amide bonds. The second kappa shape index (κ2) is 8.76. The highest BCUT2D eigenvalue weighted by Gasteiger charge is 2.17. The minimum absolute atomic E-state index is 0.114. The lowest BCUT2D eigenvalue weighted by Gasteiger charge is -2.14. The zero-order valence-electron chi connectivity index (χ0n) is 16.0. The molecule has 0 bridgehead atoms. The second-order valence-corrected chi connectivity index (χ2v) is 8.76. The van der Waals surface area contributed by atoms with Crippen molar-refractivity contribution in [1.29, 1.82) is 0 Å². The van der Waals surface area contributed by atoms with Gasteiger partial charge in [-0.2, -0.15) is 4.98 Å². The number of halogens is 1. The summed E-state index contributed by atoms with van der Waals surface area (Å²) in [6, 6.07) is 12.3. The Kier molecular flexibility index (Phi) is 6.36. The van der Waals surface area contributed by atoms with E-state index in [0.717, 1.165) is 11.3 Å². The van der Waals surface area contributed by atoms with Gasteiger partial charge in [0.15, 0.2) is 0 Å². The van der Waals surface area contributed by atoms with E-state index in [-0.39, 0.29) is 4.90 Å². The molecule has 0 unspecified atom stereocenters. The summed E-state index contributed by atoms with van der Waals surface area (Å²) in [5.74, 6) is 1.39. The highest BCUT2D eigenvalue weighted by Crippen LogP contribution is 2.31. The van der Waals surface area contributed by atoms with Crippen LogP contribution in [0.15, 0.2) is 58.0 Å². The number of aromatic nitrogens is 2. The number of hydrogen-bond donors (Lipinski definition) is 3. The van der Waals surface area contributed by atoms with Crippen molar-refractivity contribution in [2.45, 2.75) is 11.8 Å². The second-order valence-electron chi connectivity index (χ2n) is 6.05. The van der Waals surface area contributed by atoms with Crippen LogP contribution in [0.4, 0.5) is 23.1 Å². The first kappa shape index (κ1) is 21.0. The van der Waals surface area contributed by atoms with Crippen molar-refractivity contribution >= 4 is 49.1 Å². The molecule has 0 spiro atoms.